The quantitative estimate of drug-likeness (QED) is 0.890. The van der Waals surface area contributed by atoms with Gasteiger partial charge in [0.2, 0.25) is 5.91 Å². The molecule has 0 aliphatic carbocycles. The van der Waals surface area contributed by atoms with Crippen molar-refractivity contribution in [3.05, 3.63) is 18.2 Å². The van der Waals surface area contributed by atoms with E-state index in [2.05, 4.69) is 28.7 Å². The number of nitrogens with zero attached hydrogens (tertiary/aromatic N) is 4. The number of piperidine rings is 1. The number of amides is 3. The summed E-state index contributed by atoms with van der Waals surface area (Å²) in [5.41, 5.74) is 0. The van der Waals surface area contributed by atoms with Gasteiger partial charge >= 0.3 is 6.03 Å². The number of rotatable bonds is 5. The van der Waals surface area contributed by atoms with Gasteiger partial charge in [-0.25, -0.2) is 9.78 Å². The maximum absolute atomic E-state index is 12.3. The van der Waals surface area contributed by atoms with Gasteiger partial charge in [0.15, 0.2) is 0 Å². The Morgan fingerprint density at radius 3 is 2.62 bits per heavy atom. The molecule has 134 valence electrons. The highest BCUT2D eigenvalue weighted by Crippen LogP contribution is 2.15. The minimum absolute atomic E-state index is 0.0574. The fourth-order valence-corrected chi connectivity index (χ4v) is 3.05. The number of carbonyl (C=O) groups excluding carboxylic acids is 2. The highest BCUT2D eigenvalue weighted by molar-refractivity contribution is 5.74. The molecule has 1 fully saturated rings. The highest BCUT2D eigenvalue weighted by Gasteiger charge is 2.26. The van der Waals surface area contributed by atoms with Crippen LogP contribution in [-0.2, 0) is 17.9 Å². The number of likely N-dealkylation sites (tertiary alicyclic amines) is 1. The number of carbonyl (C=O) groups is 2. The van der Waals surface area contributed by atoms with Crippen LogP contribution in [-0.4, -0.2) is 57.5 Å². The Labute approximate surface area is 144 Å². The summed E-state index contributed by atoms with van der Waals surface area (Å²) in [6, 6.07) is 0.175. The third kappa shape index (κ3) is 4.72. The van der Waals surface area contributed by atoms with Gasteiger partial charge in [-0.15, -0.1) is 0 Å². The fraction of sp³-hybridized carbons (Fsp3) is 0.706. The second-order valence-electron chi connectivity index (χ2n) is 6.90. The monoisotopic (exact) mass is 335 g/mol. The van der Waals surface area contributed by atoms with E-state index in [9.17, 15) is 9.59 Å². The van der Waals surface area contributed by atoms with E-state index in [4.69, 9.17) is 0 Å². The molecule has 2 heterocycles. The summed E-state index contributed by atoms with van der Waals surface area (Å²) >= 11 is 0. The molecule has 1 aliphatic rings. The van der Waals surface area contributed by atoms with Crippen molar-refractivity contribution < 1.29 is 9.59 Å². The van der Waals surface area contributed by atoms with Crippen molar-refractivity contribution in [1.82, 2.24) is 24.7 Å². The molecule has 3 amide bonds. The summed E-state index contributed by atoms with van der Waals surface area (Å²) in [4.78, 5) is 31.7. The van der Waals surface area contributed by atoms with E-state index in [-0.39, 0.29) is 18.0 Å². The van der Waals surface area contributed by atoms with Gasteiger partial charge in [0, 0.05) is 52.0 Å². The van der Waals surface area contributed by atoms with Crippen LogP contribution in [0.5, 0.6) is 0 Å². The summed E-state index contributed by atoms with van der Waals surface area (Å²) in [5, 5.41) is 2.96. The molecule has 7 nitrogen and oxygen atoms in total. The maximum Gasteiger partial charge on any atom is 0.317 e. The zero-order valence-corrected chi connectivity index (χ0v) is 15.2. The lowest BCUT2D eigenvalue weighted by Gasteiger charge is -2.36. The van der Waals surface area contributed by atoms with Gasteiger partial charge in [-0.2, -0.15) is 0 Å². The summed E-state index contributed by atoms with van der Waals surface area (Å²) in [6.45, 7) is 8.58. The molecule has 1 aromatic rings. The lowest BCUT2D eigenvalue weighted by atomic mass is 10.0. The zero-order chi connectivity index (χ0) is 17.7. The summed E-state index contributed by atoms with van der Waals surface area (Å²) < 4.78 is 2.08. The first-order valence-corrected chi connectivity index (χ1v) is 8.64. The van der Waals surface area contributed by atoms with E-state index in [0.717, 1.165) is 25.2 Å². The Bertz CT molecular complexity index is 561. The molecule has 24 heavy (non-hydrogen) atoms. The van der Waals surface area contributed by atoms with Crippen molar-refractivity contribution in [2.75, 3.05) is 20.1 Å². The molecule has 1 N–H and O–H groups in total. The van der Waals surface area contributed by atoms with E-state index in [1.807, 2.05) is 18.1 Å². The second kappa shape index (κ2) is 8.17. The molecule has 1 aromatic heterocycles. The molecule has 0 atom stereocenters. The van der Waals surface area contributed by atoms with Crippen LogP contribution in [0.15, 0.2) is 12.4 Å². The average molecular weight is 335 g/mol. The Morgan fingerprint density at radius 2 is 2.04 bits per heavy atom. The second-order valence-corrected chi connectivity index (χ2v) is 6.90. The number of hydrogen-bond acceptors (Lipinski definition) is 3. The third-order valence-corrected chi connectivity index (χ3v) is 4.56. The van der Waals surface area contributed by atoms with E-state index in [1.54, 1.807) is 18.0 Å². The normalized spacial score (nSPS) is 15.6. The zero-order valence-electron chi connectivity index (χ0n) is 15.2. The minimum atomic E-state index is -0.0574. The Balaban J connectivity index is 1.80. The number of nitrogens with one attached hydrogen (secondary N) is 1. The van der Waals surface area contributed by atoms with Crippen LogP contribution in [0.3, 0.4) is 0 Å². The molecule has 0 aromatic carbocycles. The van der Waals surface area contributed by atoms with Gasteiger partial charge in [0.1, 0.15) is 5.82 Å². The lowest BCUT2D eigenvalue weighted by molar-refractivity contribution is -0.130. The van der Waals surface area contributed by atoms with Crippen LogP contribution >= 0.6 is 0 Å². The molecule has 2 rings (SSSR count). The summed E-state index contributed by atoms with van der Waals surface area (Å²) in [6.07, 6.45) is 5.37. The molecule has 1 saturated heterocycles. The third-order valence-electron chi connectivity index (χ3n) is 4.56. The van der Waals surface area contributed by atoms with Crippen LogP contribution in [0.4, 0.5) is 4.79 Å². The smallest absolute Gasteiger partial charge is 0.317 e. The standard InChI is InChI=1S/C17H29N5O2/c1-13(2)12-22-10-7-18-16(22)11-19-17(24)21-8-5-15(6-9-21)20(4)14(3)23/h7,10,13,15H,5-6,8-9,11-12H2,1-4H3,(H,19,24). The van der Waals surface area contributed by atoms with Crippen LogP contribution in [0.1, 0.15) is 39.4 Å². The SMILES string of the molecule is CC(=O)N(C)C1CCN(C(=O)NCc2nccn2CC(C)C)CC1. The van der Waals surface area contributed by atoms with Crippen LogP contribution in [0.2, 0.25) is 0 Å². The topological polar surface area (TPSA) is 70.5 Å². The molecule has 1 aliphatic heterocycles. The summed E-state index contributed by atoms with van der Waals surface area (Å²) in [5.74, 6) is 1.49. The van der Waals surface area contributed by atoms with Crippen LogP contribution < -0.4 is 5.32 Å². The molecule has 0 spiro atoms. The van der Waals surface area contributed by atoms with Gasteiger partial charge in [-0.05, 0) is 18.8 Å². The Kier molecular flexibility index (Phi) is 6.23. The number of imidazole rings is 1. The predicted octanol–water partition coefficient (Wildman–Crippen LogP) is 1.69. The van der Waals surface area contributed by atoms with Crippen LogP contribution in [0.25, 0.3) is 0 Å². The van der Waals surface area contributed by atoms with Gasteiger partial charge in [0.05, 0.1) is 6.54 Å². The first-order chi connectivity index (χ1) is 11.4. The summed E-state index contributed by atoms with van der Waals surface area (Å²) in [7, 11) is 1.83. The molecular formula is C17H29N5O2. The van der Waals surface area contributed by atoms with E-state index in [0.29, 0.717) is 25.6 Å². The number of aromatic nitrogens is 2. The fourth-order valence-electron chi connectivity index (χ4n) is 3.05. The van der Waals surface area contributed by atoms with E-state index >= 15 is 0 Å². The average Bonchev–Trinajstić information content (AvgIpc) is 2.98. The minimum Gasteiger partial charge on any atom is -0.343 e. The van der Waals surface area contributed by atoms with Gasteiger partial charge in [-0.1, -0.05) is 13.8 Å². The van der Waals surface area contributed by atoms with Crippen molar-refractivity contribution in [2.24, 2.45) is 5.92 Å². The maximum atomic E-state index is 12.3. The lowest BCUT2D eigenvalue weighted by Crippen LogP contribution is -2.49. The Morgan fingerprint density at radius 1 is 1.38 bits per heavy atom. The molecule has 0 saturated carbocycles. The van der Waals surface area contributed by atoms with E-state index < -0.39 is 0 Å². The largest absolute Gasteiger partial charge is 0.343 e. The molecular weight excluding hydrogens is 306 g/mol. The van der Waals surface area contributed by atoms with Crippen LogP contribution in [0, 0.1) is 5.92 Å². The van der Waals surface area contributed by atoms with Crippen molar-refractivity contribution >= 4 is 11.9 Å². The first kappa shape index (κ1) is 18.3. The van der Waals surface area contributed by atoms with Gasteiger partial charge in [-0.3, -0.25) is 4.79 Å². The molecule has 7 heteroatoms. The van der Waals surface area contributed by atoms with Crippen molar-refractivity contribution in [1.29, 1.82) is 0 Å². The molecule has 0 unspecified atom stereocenters. The molecule has 0 radical (unpaired) electrons. The van der Waals surface area contributed by atoms with E-state index in [1.165, 1.54) is 0 Å². The Hall–Kier alpha value is -2.05. The van der Waals surface area contributed by atoms with Crippen molar-refractivity contribution in [2.45, 2.75) is 52.7 Å². The highest BCUT2D eigenvalue weighted by atomic mass is 16.2. The number of urea groups is 1. The number of hydrogen-bond donors (Lipinski definition) is 1. The van der Waals surface area contributed by atoms with Gasteiger partial charge < -0.3 is 19.7 Å². The van der Waals surface area contributed by atoms with Crippen molar-refractivity contribution in [3.8, 4) is 0 Å². The predicted molar refractivity (Wildman–Crippen MR) is 92.3 cm³/mol. The molecule has 0 bridgehead atoms. The van der Waals surface area contributed by atoms with Gasteiger partial charge in [0.25, 0.3) is 0 Å². The first-order valence-electron chi connectivity index (χ1n) is 8.64. The van der Waals surface area contributed by atoms with Crippen molar-refractivity contribution in [3.63, 3.8) is 0 Å².